The number of amides is 1. The smallest absolute Gasteiger partial charge is 0.253 e. The summed E-state index contributed by atoms with van der Waals surface area (Å²) in [7, 11) is 0. The molecule has 2 aliphatic rings. The SMILES string of the molecule is Cc1ccc(C(=O)N2CCC3(CC2)COCCN(c2ncccn2)C3)cc1F. The van der Waals surface area contributed by atoms with Crippen LogP contribution in [-0.2, 0) is 4.74 Å². The summed E-state index contributed by atoms with van der Waals surface area (Å²) in [6.07, 6.45) is 5.19. The average Bonchev–Trinajstić information content (AvgIpc) is 2.93. The summed E-state index contributed by atoms with van der Waals surface area (Å²) in [6.45, 7) is 5.88. The molecule has 1 amide bonds. The first-order chi connectivity index (χ1) is 13.6. The van der Waals surface area contributed by atoms with Gasteiger partial charge in [-0.2, -0.15) is 0 Å². The zero-order valence-electron chi connectivity index (χ0n) is 16.1. The largest absolute Gasteiger partial charge is 0.379 e. The number of anilines is 1. The van der Waals surface area contributed by atoms with Gasteiger partial charge in [0.1, 0.15) is 5.82 Å². The minimum Gasteiger partial charge on any atom is -0.379 e. The summed E-state index contributed by atoms with van der Waals surface area (Å²) in [5, 5.41) is 0. The Morgan fingerprint density at radius 3 is 2.64 bits per heavy atom. The van der Waals surface area contributed by atoms with Crippen molar-refractivity contribution < 1.29 is 13.9 Å². The Bertz CT molecular complexity index is 838. The number of benzene rings is 1. The summed E-state index contributed by atoms with van der Waals surface area (Å²) in [4.78, 5) is 25.5. The van der Waals surface area contributed by atoms with Crippen molar-refractivity contribution in [3.05, 3.63) is 53.6 Å². The number of carbonyl (C=O) groups excluding carboxylic acids is 1. The lowest BCUT2D eigenvalue weighted by Crippen LogP contribution is -2.49. The molecule has 28 heavy (non-hydrogen) atoms. The highest BCUT2D eigenvalue weighted by molar-refractivity contribution is 5.94. The van der Waals surface area contributed by atoms with E-state index >= 15 is 0 Å². The first-order valence-corrected chi connectivity index (χ1v) is 9.72. The zero-order chi connectivity index (χ0) is 19.6. The van der Waals surface area contributed by atoms with E-state index in [9.17, 15) is 9.18 Å². The number of halogens is 1. The maximum absolute atomic E-state index is 13.8. The molecule has 1 spiro atoms. The third-order valence-electron chi connectivity index (χ3n) is 5.81. The van der Waals surface area contributed by atoms with Crippen molar-refractivity contribution in [2.45, 2.75) is 19.8 Å². The van der Waals surface area contributed by atoms with Gasteiger partial charge in [0.25, 0.3) is 5.91 Å². The summed E-state index contributed by atoms with van der Waals surface area (Å²) >= 11 is 0. The molecule has 0 radical (unpaired) electrons. The van der Waals surface area contributed by atoms with Crippen molar-refractivity contribution in [2.75, 3.05) is 44.3 Å². The van der Waals surface area contributed by atoms with Crippen LogP contribution < -0.4 is 4.90 Å². The highest BCUT2D eigenvalue weighted by atomic mass is 19.1. The van der Waals surface area contributed by atoms with Crippen LogP contribution in [0.4, 0.5) is 10.3 Å². The van der Waals surface area contributed by atoms with E-state index in [-0.39, 0.29) is 17.1 Å². The van der Waals surface area contributed by atoms with Gasteiger partial charge in [-0.3, -0.25) is 4.79 Å². The molecule has 0 saturated carbocycles. The monoisotopic (exact) mass is 384 g/mol. The fourth-order valence-electron chi connectivity index (χ4n) is 4.01. The van der Waals surface area contributed by atoms with E-state index in [4.69, 9.17) is 4.74 Å². The van der Waals surface area contributed by atoms with Crippen LogP contribution in [0.2, 0.25) is 0 Å². The van der Waals surface area contributed by atoms with Gasteiger partial charge < -0.3 is 14.5 Å². The third-order valence-corrected chi connectivity index (χ3v) is 5.81. The van der Waals surface area contributed by atoms with E-state index in [0.717, 1.165) is 31.9 Å². The van der Waals surface area contributed by atoms with E-state index in [1.165, 1.54) is 6.07 Å². The second-order valence-corrected chi connectivity index (χ2v) is 7.78. The number of aromatic nitrogens is 2. The van der Waals surface area contributed by atoms with Gasteiger partial charge in [-0.25, -0.2) is 14.4 Å². The standard InChI is InChI=1S/C21H25FN4O2/c1-16-3-4-17(13-18(16)22)19(27)25-9-5-21(6-10-25)14-26(11-12-28-15-21)20-23-7-2-8-24-20/h2-4,7-8,13H,5-6,9-12,14-15H2,1H3. The molecule has 2 aliphatic heterocycles. The van der Waals surface area contributed by atoms with Gasteiger partial charge in [-0.05, 0) is 43.5 Å². The number of aryl methyl sites for hydroxylation is 1. The molecule has 2 fully saturated rings. The minimum atomic E-state index is -0.338. The van der Waals surface area contributed by atoms with E-state index in [1.807, 2.05) is 11.0 Å². The third kappa shape index (κ3) is 3.85. The van der Waals surface area contributed by atoms with Gasteiger partial charge in [-0.15, -0.1) is 0 Å². The number of hydrogen-bond donors (Lipinski definition) is 0. The van der Waals surface area contributed by atoms with Crippen LogP contribution in [-0.4, -0.2) is 60.2 Å². The van der Waals surface area contributed by atoms with Gasteiger partial charge >= 0.3 is 0 Å². The topological polar surface area (TPSA) is 58.6 Å². The second-order valence-electron chi connectivity index (χ2n) is 7.78. The maximum atomic E-state index is 13.8. The number of piperidine rings is 1. The number of nitrogens with zero attached hydrogens (tertiary/aromatic N) is 4. The Labute approximate surface area is 164 Å². The summed E-state index contributed by atoms with van der Waals surface area (Å²) in [6, 6.07) is 6.51. The van der Waals surface area contributed by atoms with Crippen LogP contribution in [0.1, 0.15) is 28.8 Å². The molecule has 0 atom stereocenters. The van der Waals surface area contributed by atoms with Crippen molar-refractivity contribution in [1.29, 1.82) is 0 Å². The van der Waals surface area contributed by atoms with Crippen LogP contribution >= 0.6 is 0 Å². The summed E-state index contributed by atoms with van der Waals surface area (Å²) in [5.41, 5.74) is 0.939. The Hall–Kier alpha value is -2.54. The van der Waals surface area contributed by atoms with Crippen molar-refractivity contribution in [1.82, 2.24) is 14.9 Å². The molecule has 0 N–H and O–H groups in total. The summed E-state index contributed by atoms with van der Waals surface area (Å²) < 4.78 is 19.7. The Morgan fingerprint density at radius 2 is 1.93 bits per heavy atom. The van der Waals surface area contributed by atoms with E-state index < -0.39 is 0 Å². The molecule has 0 aliphatic carbocycles. The fraction of sp³-hybridized carbons (Fsp3) is 0.476. The molecular formula is C21H25FN4O2. The molecule has 1 aromatic heterocycles. The van der Waals surface area contributed by atoms with E-state index in [1.54, 1.807) is 31.5 Å². The van der Waals surface area contributed by atoms with Crippen molar-refractivity contribution >= 4 is 11.9 Å². The summed E-state index contributed by atoms with van der Waals surface area (Å²) in [5.74, 6) is 0.280. The molecule has 2 aromatic rings. The number of likely N-dealkylation sites (tertiary alicyclic amines) is 1. The number of ether oxygens (including phenoxy) is 1. The molecule has 2 saturated heterocycles. The normalized spacial score (nSPS) is 19.5. The molecule has 0 unspecified atom stereocenters. The maximum Gasteiger partial charge on any atom is 0.253 e. The van der Waals surface area contributed by atoms with Gasteiger partial charge in [0.05, 0.1) is 13.2 Å². The molecule has 3 heterocycles. The highest BCUT2D eigenvalue weighted by Gasteiger charge is 2.39. The first kappa shape index (κ1) is 18.8. The van der Waals surface area contributed by atoms with Crippen LogP contribution in [0, 0.1) is 18.2 Å². The molecule has 148 valence electrons. The van der Waals surface area contributed by atoms with Crippen molar-refractivity contribution in [2.24, 2.45) is 5.41 Å². The molecule has 0 bridgehead atoms. The van der Waals surface area contributed by atoms with Gasteiger partial charge in [0.15, 0.2) is 0 Å². The molecule has 7 heteroatoms. The highest BCUT2D eigenvalue weighted by Crippen LogP contribution is 2.35. The molecular weight excluding hydrogens is 359 g/mol. The number of carbonyl (C=O) groups is 1. The van der Waals surface area contributed by atoms with E-state index in [2.05, 4.69) is 14.9 Å². The molecule has 1 aromatic carbocycles. The Kier molecular flexibility index (Phi) is 5.26. The molecule has 4 rings (SSSR count). The van der Waals surface area contributed by atoms with Crippen molar-refractivity contribution in [3.8, 4) is 0 Å². The van der Waals surface area contributed by atoms with E-state index in [0.29, 0.717) is 37.4 Å². The lowest BCUT2D eigenvalue weighted by Gasteiger charge is -2.42. The fourth-order valence-corrected chi connectivity index (χ4v) is 4.01. The van der Waals surface area contributed by atoms with Crippen LogP contribution in [0.5, 0.6) is 0 Å². The quantitative estimate of drug-likeness (QED) is 0.797. The van der Waals surface area contributed by atoms with Gasteiger partial charge in [-0.1, -0.05) is 6.07 Å². The molecule has 6 nitrogen and oxygen atoms in total. The Balaban J connectivity index is 1.44. The number of rotatable bonds is 2. The Morgan fingerprint density at radius 1 is 1.18 bits per heavy atom. The average molecular weight is 384 g/mol. The van der Waals surface area contributed by atoms with Crippen LogP contribution in [0.3, 0.4) is 0 Å². The first-order valence-electron chi connectivity index (χ1n) is 9.72. The lowest BCUT2D eigenvalue weighted by molar-refractivity contribution is 0.0207. The lowest BCUT2D eigenvalue weighted by atomic mass is 9.78. The van der Waals surface area contributed by atoms with Crippen molar-refractivity contribution in [3.63, 3.8) is 0 Å². The van der Waals surface area contributed by atoms with Crippen LogP contribution in [0.25, 0.3) is 0 Å². The van der Waals surface area contributed by atoms with Gasteiger partial charge in [0.2, 0.25) is 5.95 Å². The second kappa shape index (κ2) is 7.83. The predicted molar refractivity (Wildman–Crippen MR) is 104 cm³/mol. The minimum absolute atomic E-state index is 0.0228. The predicted octanol–water partition coefficient (Wildman–Crippen LogP) is 2.68. The zero-order valence-corrected chi connectivity index (χ0v) is 16.1. The number of hydrogen-bond acceptors (Lipinski definition) is 5. The van der Waals surface area contributed by atoms with Gasteiger partial charge in [0, 0.05) is 49.6 Å². The van der Waals surface area contributed by atoms with Crippen LogP contribution in [0.15, 0.2) is 36.7 Å².